The molecule has 0 aromatic heterocycles. The Hall–Kier alpha value is -1.84. The zero-order valence-corrected chi connectivity index (χ0v) is 12.8. The minimum atomic E-state index is 0.0157. The molecular formula is C17H24N2O2. The van der Waals surface area contributed by atoms with Gasteiger partial charge < -0.3 is 10.6 Å². The van der Waals surface area contributed by atoms with Gasteiger partial charge in [0.15, 0.2) is 5.78 Å². The molecule has 1 aromatic carbocycles. The molecule has 2 rings (SSSR count). The van der Waals surface area contributed by atoms with Crippen LogP contribution in [0.5, 0.6) is 0 Å². The van der Waals surface area contributed by atoms with E-state index >= 15 is 0 Å². The molecule has 1 fully saturated rings. The SMILES string of the molecule is CC(=O)c1cccc(NCC(=O)N[C@H]2CCCC[C@@H]2C)c1. The first-order valence-electron chi connectivity index (χ1n) is 7.70. The van der Waals surface area contributed by atoms with Crippen molar-refractivity contribution in [3.8, 4) is 0 Å². The Kier molecular flexibility index (Phi) is 5.37. The lowest BCUT2D eigenvalue weighted by molar-refractivity contribution is -0.120. The first-order chi connectivity index (χ1) is 10.1. The molecule has 0 saturated heterocycles. The van der Waals surface area contributed by atoms with Gasteiger partial charge in [-0.15, -0.1) is 0 Å². The lowest BCUT2D eigenvalue weighted by atomic mass is 9.86. The third-order valence-corrected chi connectivity index (χ3v) is 4.18. The Labute approximate surface area is 126 Å². The van der Waals surface area contributed by atoms with E-state index in [1.165, 1.54) is 26.2 Å². The summed E-state index contributed by atoms with van der Waals surface area (Å²) < 4.78 is 0. The van der Waals surface area contributed by atoms with Crippen molar-refractivity contribution in [2.24, 2.45) is 5.92 Å². The topological polar surface area (TPSA) is 58.2 Å². The van der Waals surface area contributed by atoms with Gasteiger partial charge in [-0.05, 0) is 37.8 Å². The second kappa shape index (κ2) is 7.25. The van der Waals surface area contributed by atoms with Crippen LogP contribution in [0.1, 0.15) is 49.9 Å². The van der Waals surface area contributed by atoms with Crippen molar-refractivity contribution >= 4 is 17.4 Å². The lowest BCUT2D eigenvalue weighted by Gasteiger charge is -2.29. The number of Topliss-reactive ketones (excluding diaryl/α,β-unsaturated/α-hetero) is 1. The molecule has 0 radical (unpaired) electrons. The van der Waals surface area contributed by atoms with Gasteiger partial charge in [-0.1, -0.05) is 31.9 Å². The van der Waals surface area contributed by atoms with Gasteiger partial charge in [0.25, 0.3) is 0 Å². The number of ketones is 1. The Balaban J connectivity index is 1.83. The van der Waals surface area contributed by atoms with Gasteiger partial charge in [-0.25, -0.2) is 0 Å². The summed E-state index contributed by atoms with van der Waals surface area (Å²) in [5.41, 5.74) is 1.45. The van der Waals surface area contributed by atoms with E-state index in [9.17, 15) is 9.59 Å². The van der Waals surface area contributed by atoms with Crippen LogP contribution >= 0.6 is 0 Å². The fraction of sp³-hybridized carbons (Fsp3) is 0.529. The third kappa shape index (κ3) is 4.59. The number of carbonyl (C=O) groups excluding carboxylic acids is 2. The molecule has 1 saturated carbocycles. The number of nitrogens with one attached hydrogen (secondary N) is 2. The number of anilines is 1. The quantitative estimate of drug-likeness (QED) is 0.819. The zero-order valence-electron chi connectivity index (χ0n) is 12.8. The van der Waals surface area contributed by atoms with Crippen LogP contribution in [0.15, 0.2) is 24.3 Å². The summed E-state index contributed by atoms with van der Waals surface area (Å²) in [5.74, 6) is 0.602. The molecule has 0 aliphatic heterocycles. The molecule has 1 amide bonds. The summed E-state index contributed by atoms with van der Waals surface area (Å²) >= 11 is 0. The van der Waals surface area contributed by atoms with Crippen LogP contribution in [-0.4, -0.2) is 24.3 Å². The van der Waals surface area contributed by atoms with E-state index in [1.54, 1.807) is 12.1 Å². The molecule has 114 valence electrons. The van der Waals surface area contributed by atoms with Gasteiger partial charge in [0, 0.05) is 17.3 Å². The Morgan fingerprint density at radius 3 is 2.71 bits per heavy atom. The maximum atomic E-state index is 12.0. The van der Waals surface area contributed by atoms with Crippen molar-refractivity contribution in [3.63, 3.8) is 0 Å². The van der Waals surface area contributed by atoms with Crippen molar-refractivity contribution in [1.82, 2.24) is 5.32 Å². The lowest BCUT2D eigenvalue weighted by Crippen LogP contribution is -2.43. The Morgan fingerprint density at radius 1 is 1.24 bits per heavy atom. The molecule has 2 N–H and O–H groups in total. The highest BCUT2D eigenvalue weighted by molar-refractivity contribution is 5.95. The van der Waals surface area contributed by atoms with E-state index in [4.69, 9.17) is 0 Å². The van der Waals surface area contributed by atoms with Gasteiger partial charge in [0.05, 0.1) is 6.54 Å². The second-order valence-electron chi connectivity index (χ2n) is 5.93. The van der Waals surface area contributed by atoms with E-state index in [2.05, 4.69) is 17.6 Å². The van der Waals surface area contributed by atoms with E-state index in [-0.39, 0.29) is 18.2 Å². The number of benzene rings is 1. The summed E-state index contributed by atoms with van der Waals surface area (Å²) in [6.45, 7) is 3.98. The molecule has 0 unspecified atom stereocenters. The summed E-state index contributed by atoms with van der Waals surface area (Å²) in [7, 11) is 0. The highest BCUT2D eigenvalue weighted by Crippen LogP contribution is 2.23. The van der Waals surface area contributed by atoms with Crippen molar-refractivity contribution in [1.29, 1.82) is 0 Å². The highest BCUT2D eigenvalue weighted by Gasteiger charge is 2.22. The average molecular weight is 288 g/mol. The number of amides is 1. The van der Waals surface area contributed by atoms with Crippen LogP contribution in [0.25, 0.3) is 0 Å². The second-order valence-corrected chi connectivity index (χ2v) is 5.93. The standard InChI is InChI=1S/C17H24N2O2/c1-12-6-3-4-9-16(12)19-17(21)11-18-15-8-5-7-14(10-15)13(2)20/h5,7-8,10,12,16,18H,3-4,6,9,11H2,1-2H3,(H,19,21)/t12-,16-/m0/s1. The molecule has 0 spiro atoms. The molecule has 0 heterocycles. The van der Waals surface area contributed by atoms with Gasteiger partial charge in [0.2, 0.25) is 5.91 Å². The number of carbonyl (C=O) groups is 2. The monoisotopic (exact) mass is 288 g/mol. The molecule has 21 heavy (non-hydrogen) atoms. The van der Waals surface area contributed by atoms with E-state index in [1.807, 2.05) is 12.1 Å². The van der Waals surface area contributed by atoms with E-state index in [0.29, 0.717) is 17.5 Å². The molecular weight excluding hydrogens is 264 g/mol. The smallest absolute Gasteiger partial charge is 0.239 e. The number of hydrogen-bond acceptors (Lipinski definition) is 3. The van der Waals surface area contributed by atoms with Gasteiger partial charge in [-0.2, -0.15) is 0 Å². The normalized spacial score (nSPS) is 21.6. The van der Waals surface area contributed by atoms with E-state index < -0.39 is 0 Å². The maximum Gasteiger partial charge on any atom is 0.239 e. The molecule has 1 aromatic rings. The Bertz CT molecular complexity index is 513. The molecule has 4 nitrogen and oxygen atoms in total. The average Bonchev–Trinajstić information content (AvgIpc) is 2.48. The summed E-state index contributed by atoms with van der Waals surface area (Å²) in [6.07, 6.45) is 4.73. The van der Waals surface area contributed by atoms with Crippen LogP contribution < -0.4 is 10.6 Å². The molecule has 1 aliphatic rings. The van der Waals surface area contributed by atoms with Gasteiger partial charge in [0.1, 0.15) is 0 Å². The molecule has 1 aliphatic carbocycles. The molecule has 4 heteroatoms. The van der Waals surface area contributed by atoms with Crippen molar-refractivity contribution < 1.29 is 9.59 Å². The van der Waals surface area contributed by atoms with Crippen LogP contribution in [0.2, 0.25) is 0 Å². The fourth-order valence-corrected chi connectivity index (χ4v) is 2.82. The van der Waals surface area contributed by atoms with Crippen LogP contribution in [-0.2, 0) is 4.79 Å². The van der Waals surface area contributed by atoms with Gasteiger partial charge in [-0.3, -0.25) is 9.59 Å². The van der Waals surface area contributed by atoms with Crippen molar-refractivity contribution in [2.75, 3.05) is 11.9 Å². The zero-order chi connectivity index (χ0) is 15.2. The summed E-state index contributed by atoms with van der Waals surface area (Å²) in [4.78, 5) is 23.3. The van der Waals surface area contributed by atoms with Crippen LogP contribution in [0.4, 0.5) is 5.69 Å². The van der Waals surface area contributed by atoms with Crippen molar-refractivity contribution in [2.45, 2.75) is 45.6 Å². The largest absolute Gasteiger partial charge is 0.376 e. The number of rotatable bonds is 5. The molecule has 2 atom stereocenters. The number of hydrogen-bond donors (Lipinski definition) is 2. The Morgan fingerprint density at radius 2 is 2.00 bits per heavy atom. The van der Waals surface area contributed by atoms with Crippen LogP contribution in [0.3, 0.4) is 0 Å². The van der Waals surface area contributed by atoms with Crippen molar-refractivity contribution in [3.05, 3.63) is 29.8 Å². The minimum absolute atomic E-state index is 0.0157. The first-order valence-corrected chi connectivity index (χ1v) is 7.70. The third-order valence-electron chi connectivity index (χ3n) is 4.18. The van der Waals surface area contributed by atoms with Gasteiger partial charge >= 0.3 is 0 Å². The molecule has 0 bridgehead atoms. The van der Waals surface area contributed by atoms with Crippen LogP contribution in [0, 0.1) is 5.92 Å². The summed E-state index contributed by atoms with van der Waals surface area (Å²) in [5, 5.41) is 6.19. The first kappa shape index (κ1) is 15.5. The predicted octanol–water partition coefficient (Wildman–Crippen LogP) is 3.00. The van der Waals surface area contributed by atoms with E-state index in [0.717, 1.165) is 12.1 Å². The maximum absolute atomic E-state index is 12.0. The highest BCUT2D eigenvalue weighted by atomic mass is 16.2. The fourth-order valence-electron chi connectivity index (χ4n) is 2.82. The summed E-state index contributed by atoms with van der Waals surface area (Å²) in [6, 6.07) is 7.54. The minimum Gasteiger partial charge on any atom is -0.376 e. The predicted molar refractivity (Wildman–Crippen MR) is 84.5 cm³/mol.